The Morgan fingerprint density at radius 3 is 2.38 bits per heavy atom. The summed E-state index contributed by atoms with van der Waals surface area (Å²) in [5.74, 6) is 0.0775. The van der Waals surface area contributed by atoms with Crippen molar-refractivity contribution in [1.29, 1.82) is 5.26 Å². The van der Waals surface area contributed by atoms with Crippen LogP contribution < -0.4 is 9.47 Å². The van der Waals surface area contributed by atoms with Gasteiger partial charge in [0.2, 0.25) is 0 Å². The summed E-state index contributed by atoms with van der Waals surface area (Å²) in [6.07, 6.45) is -4.67. The van der Waals surface area contributed by atoms with Crippen LogP contribution in [0.25, 0.3) is 0 Å². The summed E-state index contributed by atoms with van der Waals surface area (Å²) in [5, 5.41) is 8.78. The summed E-state index contributed by atoms with van der Waals surface area (Å²) in [4.78, 5) is 11.4. The maximum absolute atomic E-state index is 13.0. The number of nitriles is 1. The summed E-state index contributed by atoms with van der Waals surface area (Å²) < 4.78 is 49.4. The molecule has 0 aliphatic carbocycles. The van der Waals surface area contributed by atoms with Crippen LogP contribution in [0.2, 0.25) is 0 Å². The monoisotopic (exact) mass is 335 g/mol. The van der Waals surface area contributed by atoms with Crippen molar-refractivity contribution in [2.75, 3.05) is 7.11 Å². The van der Waals surface area contributed by atoms with E-state index in [1.807, 2.05) is 0 Å². The zero-order chi connectivity index (χ0) is 17.9. The average molecular weight is 335 g/mol. The second kappa shape index (κ2) is 6.62. The Kier molecular flexibility index (Phi) is 4.79. The quantitative estimate of drug-likeness (QED) is 0.767. The van der Waals surface area contributed by atoms with Gasteiger partial charge in [0.25, 0.3) is 0 Å². The zero-order valence-electron chi connectivity index (χ0n) is 12.8. The van der Waals surface area contributed by atoms with Gasteiger partial charge in [-0.25, -0.2) is 0 Å². The fourth-order valence-electron chi connectivity index (χ4n) is 2.02. The molecule has 0 radical (unpaired) electrons. The second-order valence-electron chi connectivity index (χ2n) is 4.84. The number of Topliss-reactive ketones (excluding diaryl/α,β-unsaturated/α-hetero) is 1. The third kappa shape index (κ3) is 3.66. The number of ketones is 1. The summed E-state index contributed by atoms with van der Waals surface area (Å²) in [6.45, 7) is 1.38. The number of carbonyl (C=O) groups is 1. The molecule has 7 heteroatoms. The number of nitrogens with zero attached hydrogens (tertiary/aromatic N) is 1. The minimum atomic E-state index is -4.67. The number of alkyl halides is 3. The number of ether oxygens (including phenoxy) is 2. The van der Waals surface area contributed by atoms with Crippen molar-refractivity contribution in [3.05, 3.63) is 53.1 Å². The molecule has 0 bridgehead atoms. The van der Waals surface area contributed by atoms with Crippen LogP contribution in [-0.4, -0.2) is 12.9 Å². The van der Waals surface area contributed by atoms with Crippen molar-refractivity contribution in [2.24, 2.45) is 0 Å². The van der Waals surface area contributed by atoms with Crippen LogP contribution in [0.3, 0.4) is 0 Å². The van der Waals surface area contributed by atoms with Gasteiger partial charge in [0.1, 0.15) is 5.75 Å². The number of carbonyl (C=O) groups excluding carboxylic acids is 1. The third-order valence-corrected chi connectivity index (χ3v) is 3.21. The maximum atomic E-state index is 13.0. The molecule has 0 saturated carbocycles. The molecule has 0 aliphatic rings. The molecule has 0 saturated heterocycles. The van der Waals surface area contributed by atoms with Gasteiger partial charge in [-0.05, 0) is 43.3 Å². The maximum Gasteiger partial charge on any atom is 0.417 e. The lowest BCUT2D eigenvalue weighted by Crippen LogP contribution is -2.08. The fourth-order valence-corrected chi connectivity index (χ4v) is 2.02. The van der Waals surface area contributed by atoms with Crippen LogP contribution in [0.15, 0.2) is 36.4 Å². The number of hydrogen-bond acceptors (Lipinski definition) is 4. The van der Waals surface area contributed by atoms with Gasteiger partial charge in [0.15, 0.2) is 17.3 Å². The van der Waals surface area contributed by atoms with Crippen molar-refractivity contribution in [3.63, 3.8) is 0 Å². The molecule has 2 aromatic carbocycles. The minimum absolute atomic E-state index is 0.102. The van der Waals surface area contributed by atoms with Crippen molar-refractivity contribution < 1.29 is 27.4 Å². The molecule has 0 heterocycles. The number of benzene rings is 2. The topological polar surface area (TPSA) is 59.3 Å². The summed E-state index contributed by atoms with van der Waals surface area (Å²) in [7, 11) is 1.35. The van der Waals surface area contributed by atoms with E-state index in [0.717, 1.165) is 12.1 Å². The molecular weight excluding hydrogens is 323 g/mol. The molecule has 0 unspecified atom stereocenters. The molecular formula is C17H12F3NO3. The molecule has 124 valence electrons. The van der Waals surface area contributed by atoms with E-state index < -0.39 is 17.3 Å². The first-order valence-electron chi connectivity index (χ1n) is 6.74. The Hall–Kier alpha value is -3.01. The molecule has 0 atom stereocenters. The van der Waals surface area contributed by atoms with Crippen LogP contribution in [-0.2, 0) is 6.18 Å². The van der Waals surface area contributed by atoms with Crippen molar-refractivity contribution >= 4 is 5.78 Å². The predicted molar refractivity (Wildman–Crippen MR) is 79.2 cm³/mol. The largest absolute Gasteiger partial charge is 0.493 e. The van der Waals surface area contributed by atoms with Crippen LogP contribution in [0, 0.1) is 11.3 Å². The highest BCUT2D eigenvalue weighted by molar-refractivity contribution is 5.94. The predicted octanol–water partition coefficient (Wildman–Crippen LogP) is 4.58. The van der Waals surface area contributed by atoms with Crippen molar-refractivity contribution in [3.8, 4) is 23.3 Å². The first kappa shape index (κ1) is 17.3. The van der Waals surface area contributed by atoms with Gasteiger partial charge >= 0.3 is 6.18 Å². The number of rotatable bonds is 4. The van der Waals surface area contributed by atoms with E-state index in [0.29, 0.717) is 5.56 Å². The molecule has 2 rings (SSSR count). The third-order valence-electron chi connectivity index (χ3n) is 3.21. The molecule has 0 spiro atoms. The highest BCUT2D eigenvalue weighted by Crippen LogP contribution is 2.37. The first-order valence-corrected chi connectivity index (χ1v) is 6.74. The van der Waals surface area contributed by atoms with Gasteiger partial charge in [-0.1, -0.05) is 0 Å². The lowest BCUT2D eigenvalue weighted by atomic mass is 10.1. The molecule has 0 amide bonds. The number of halogens is 3. The average Bonchev–Trinajstić information content (AvgIpc) is 2.54. The standard InChI is InChI=1S/C17H12F3NO3/c1-10(22)11-4-6-15(16(7-11)23-2)24-13-5-3-12(9-21)14(8-13)17(18,19)20/h3-8H,1-2H3. The normalized spacial score (nSPS) is 10.8. The van der Waals surface area contributed by atoms with Crippen molar-refractivity contribution in [2.45, 2.75) is 13.1 Å². The van der Waals surface area contributed by atoms with Crippen LogP contribution >= 0.6 is 0 Å². The van der Waals surface area contributed by atoms with E-state index in [2.05, 4.69) is 0 Å². The molecule has 4 nitrogen and oxygen atoms in total. The van der Waals surface area contributed by atoms with Gasteiger partial charge in [0, 0.05) is 5.56 Å². The zero-order valence-corrected chi connectivity index (χ0v) is 12.8. The van der Waals surface area contributed by atoms with Gasteiger partial charge in [-0.3, -0.25) is 4.79 Å². The highest BCUT2D eigenvalue weighted by Gasteiger charge is 2.34. The summed E-state index contributed by atoms with van der Waals surface area (Å²) >= 11 is 0. The van der Waals surface area contributed by atoms with E-state index in [9.17, 15) is 18.0 Å². The van der Waals surface area contributed by atoms with E-state index >= 15 is 0 Å². The Morgan fingerprint density at radius 2 is 1.83 bits per heavy atom. The van der Waals surface area contributed by atoms with Gasteiger partial charge in [-0.15, -0.1) is 0 Å². The van der Waals surface area contributed by atoms with E-state index in [1.165, 1.54) is 44.4 Å². The number of methoxy groups -OCH3 is 1. The Balaban J connectivity index is 2.42. The van der Waals surface area contributed by atoms with Gasteiger partial charge < -0.3 is 9.47 Å². The Labute approximate surface area is 136 Å². The smallest absolute Gasteiger partial charge is 0.417 e. The first-order chi connectivity index (χ1) is 11.3. The van der Waals surface area contributed by atoms with Crippen molar-refractivity contribution in [1.82, 2.24) is 0 Å². The Bertz CT molecular complexity index is 823. The van der Waals surface area contributed by atoms with E-state index in [4.69, 9.17) is 14.7 Å². The van der Waals surface area contributed by atoms with Crippen LogP contribution in [0.5, 0.6) is 17.2 Å². The molecule has 2 aromatic rings. The fraction of sp³-hybridized carbons (Fsp3) is 0.176. The van der Waals surface area contributed by atoms with Crippen LogP contribution in [0.4, 0.5) is 13.2 Å². The Morgan fingerprint density at radius 1 is 1.12 bits per heavy atom. The summed E-state index contributed by atoms with van der Waals surface area (Å²) in [5.41, 5.74) is -1.19. The second-order valence-corrected chi connectivity index (χ2v) is 4.84. The molecule has 24 heavy (non-hydrogen) atoms. The molecule has 0 aromatic heterocycles. The molecule has 0 N–H and O–H groups in total. The lowest BCUT2D eigenvalue weighted by molar-refractivity contribution is -0.137. The van der Waals surface area contributed by atoms with Gasteiger partial charge in [0.05, 0.1) is 24.3 Å². The number of hydrogen-bond donors (Lipinski definition) is 0. The minimum Gasteiger partial charge on any atom is -0.493 e. The summed E-state index contributed by atoms with van der Waals surface area (Å²) in [6, 6.07) is 8.89. The highest BCUT2D eigenvalue weighted by atomic mass is 19.4. The van der Waals surface area contributed by atoms with Gasteiger partial charge in [-0.2, -0.15) is 18.4 Å². The lowest BCUT2D eigenvalue weighted by Gasteiger charge is -2.14. The SMILES string of the molecule is COc1cc(C(C)=O)ccc1Oc1ccc(C#N)c(C(F)(F)F)c1. The van der Waals surface area contributed by atoms with E-state index in [1.54, 1.807) is 0 Å². The van der Waals surface area contributed by atoms with E-state index in [-0.39, 0.29) is 23.0 Å². The molecule has 0 aliphatic heterocycles. The molecule has 0 fully saturated rings. The van der Waals surface area contributed by atoms with Crippen LogP contribution in [0.1, 0.15) is 28.4 Å².